The zero-order chi connectivity index (χ0) is 34.1. The topological polar surface area (TPSA) is 109 Å². The molecule has 6 atom stereocenters. The number of methoxy groups -OCH3 is 1. The molecule has 1 unspecified atom stereocenters. The van der Waals surface area contributed by atoms with Crippen LogP contribution in [0.3, 0.4) is 0 Å². The molecule has 48 heavy (non-hydrogen) atoms. The van der Waals surface area contributed by atoms with Crippen molar-refractivity contribution in [2.45, 2.75) is 76.5 Å². The van der Waals surface area contributed by atoms with Crippen molar-refractivity contribution >= 4 is 39.1 Å². The SMILES string of the molecule is CO[C@H]1/C=C/C[C@H](C)CS(=O)(NC(=O)N[C@@H]2CC2(F)F)=NC(=O)c2ccc3c(c2)N(Cc2ccc(Cl)cc2CCCCO3)C[C@@H]2CC[C@H]21. The number of nitrogens with zero attached hydrogens (tertiary/aromatic N) is 2. The number of hydrogen-bond acceptors (Lipinski definition) is 6. The number of anilines is 1. The van der Waals surface area contributed by atoms with Gasteiger partial charge >= 0.3 is 6.03 Å². The van der Waals surface area contributed by atoms with E-state index in [0.717, 1.165) is 37.7 Å². The van der Waals surface area contributed by atoms with Crippen LogP contribution >= 0.6 is 11.6 Å². The van der Waals surface area contributed by atoms with Crippen molar-refractivity contribution in [1.29, 1.82) is 0 Å². The van der Waals surface area contributed by atoms with Gasteiger partial charge in [0.25, 0.3) is 11.8 Å². The van der Waals surface area contributed by atoms with Crippen molar-refractivity contribution in [3.05, 3.63) is 70.3 Å². The van der Waals surface area contributed by atoms with Crippen LogP contribution in [0.15, 0.2) is 52.9 Å². The Morgan fingerprint density at radius 1 is 1.17 bits per heavy atom. The van der Waals surface area contributed by atoms with Crippen LogP contribution in [0.1, 0.15) is 66.9 Å². The number of alkyl halides is 2. The predicted molar refractivity (Wildman–Crippen MR) is 182 cm³/mol. The maximum atomic E-state index is 14.2. The van der Waals surface area contributed by atoms with E-state index >= 15 is 0 Å². The van der Waals surface area contributed by atoms with Gasteiger partial charge in [0, 0.05) is 37.2 Å². The van der Waals surface area contributed by atoms with Crippen LogP contribution in [-0.4, -0.2) is 60.2 Å². The smallest absolute Gasteiger partial charge is 0.327 e. The molecule has 0 saturated heterocycles. The summed E-state index contributed by atoms with van der Waals surface area (Å²) in [4.78, 5) is 28.7. The third-order valence-electron chi connectivity index (χ3n) is 9.79. The Kier molecular flexibility index (Phi) is 10.3. The molecule has 0 spiro atoms. The first-order valence-corrected chi connectivity index (χ1v) is 18.7. The molecular weight excluding hydrogens is 662 g/mol. The molecule has 2 aliphatic heterocycles. The van der Waals surface area contributed by atoms with E-state index in [0.29, 0.717) is 48.5 Å². The molecule has 260 valence electrons. The molecule has 6 rings (SSSR count). The maximum Gasteiger partial charge on any atom is 0.327 e. The molecule has 2 aromatic rings. The summed E-state index contributed by atoms with van der Waals surface area (Å²) in [5.41, 5.74) is 3.19. The van der Waals surface area contributed by atoms with Gasteiger partial charge in [-0.05, 0) is 97.7 Å². The molecule has 9 nitrogen and oxygen atoms in total. The van der Waals surface area contributed by atoms with E-state index < -0.39 is 40.2 Å². The van der Waals surface area contributed by atoms with Crippen molar-refractivity contribution in [1.82, 2.24) is 10.0 Å². The Balaban J connectivity index is 1.42. The van der Waals surface area contributed by atoms with Gasteiger partial charge in [0.05, 0.1) is 24.2 Å². The number of amides is 3. The van der Waals surface area contributed by atoms with Crippen LogP contribution in [0, 0.1) is 17.8 Å². The number of nitrogens with one attached hydrogen (secondary N) is 2. The van der Waals surface area contributed by atoms with E-state index in [2.05, 4.69) is 25.4 Å². The summed E-state index contributed by atoms with van der Waals surface area (Å²) in [5, 5.41) is 2.84. The van der Waals surface area contributed by atoms with Crippen molar-refractivity contribution in [2.75, 3.05) is 30.9 Å². The summed E-state index contributed by atoms with van der Waals surface area (Å²) in [6.07, 6.45) is 8.55. The number of fused-ring (bicyclic) bond motifs is 3. The molecule has 13 heteroatoms. The van der Waals surface area contributed by atoms with E-state index in [9.17, 15) is 22.6 Å². The molecular formula is C35H43ClF2N4O5S. The lowest BCUT2D eigenvalue weighted by Crippen LogP contribution is -2.44. The van der Waals surface area contributed by atoms with Crippen molar-refractivity contribution in [2.24, 2.45) is 22.1 Å². The average Bonchev–Trinajstić information content (AvgIpc) is 3.62. The Bertz CT molecular complexity index is 1700. The van der Waals surface area contributed by atoms with Gasteiger partial charge in [-0.25, -0.2) is 17.8 Å². The first-order chi connectivity index (χ1) is 22.9. The largest absolute Gasteiger partial charge is 0.491 e. The van der Waals surface area contributed by atoms with Crippen molar-refractivity contribution in [3.63, 3.8) is 0 Å². The monoisotopic (exact) mass is 704 g/mol. The highest BCUT2D eigenvalue weighted by molar-refractivity contribution is 7.92. The van der Waals surface area contributed by atoms with Gasteiger partial charge in [-0.2, -0.15) is 0 Å². The Morgan fingerprint density at radius 2 is 1.98 bits per heavy atom. The molecule has 2 aliphatic carbocycles. The number of carbonyl (C=O) groups excluding carboxylic acids is 2. The molecule has 2 fully saturated rings. The number of carbonyl (C=O) groups is 2. The highest BCUT2D eigenvalue weighted by Gasteiger charge is 2.58. The number of halogens is 3. The molecule has 2 heterocycles. The second-order valence-electron chi connectivity index (χ2n) is 13.5. The summed E-state index contributed by atoms with van der Waals surface area (Å²) >= 11 is 6.42. The van der Waals surface area contributed by atoms with Crippen LogP contribution in [-0.2, 0) is 27.6 Å². The number of aryl methyl sites for hydroxylation is 1. The normalized spacial score (nSPS) is 30.9. The third-order valence-corrected chi connectivity index (χ3v) is 12.0. The first-order valence-electron chi connectivity index (χ1n) is 16.7. The quantitative estimate of drug-likeness (QED) is 0.336. The van der Waals surface area contributed by atoms with Crippen LogP contribution in [0.4, 0.5) is 19.3 Å². The van der Waals surface area contributed by atoms with E-state index in [4.69, 9.17) is 21.1 Å². The number of allylic oxidation sites excluding steroid dienone is 1. The van der Waals surface area contributed by atoms with E-state index in [1.807, 2.05) is 31.2 Å². The lowest BCUT2D eigenvalue weighted by Gasteiger charge is -2.43. The summed E-state index contributed by atoms with van der Waals surface area (Å²) < 4.78 is 59.8. The van der Waals surface area contributed by atoms with Gasteiger partial charge in [0.15, 0.2) is 0 Å². The predicted octanol–water partition coefficient (Wildman–Crippen LogP) is 6.93. The zero-order valence-electron chi connectivity index (χ0n) is 27.3. The Morgan fingerprint density at radius 3 is 2.71 bits per heavy atom. The fourth-order valence-electron chi connectivity index (χ4n) is 6.88. The summed E-state index contributed by atoms with van der Waals surface area (Å²) in [5.74, 6) is -2.98. The second kappa shape index (κ2) is 14.3. The first kappa shape index (κ1) is 34.6. The van der Waals surface area contributed by atoms with Crippen LogP contribution in [0.25, 0.3) is 0 Å². The molecule has 2 bridgehead atoms. The van der Waals surface area contributed by atoms with Crippen LogP contribution in [0.2, 0.25) is 5.02 Å². The number of benzene rings is 2. The fourth-order valence-corrected chi connectivity index (χ4v) is 8.90. The van der Waals surface area contributed by atoms with Gasteiger partial charge in [-0.1, -0.05) is 36.7 Å². The molecule has 2 saturated carbocycles. The van der Waals surface area contributed by atoms with E-state index in [1.165, 1.54) is 5.56 Å². The number of urea groups is 1. The van der Waals surface area contributed by atoms with E-state index in [-0.39, 0.29) is 29.3 Å². The van der Waals surface area contributed by atoms with Gasteiger partial charge in [0.1, 0.15) is 21.7 Å². The molecule has 4 aliphatic rings. The van der Waals surface area contributed by atoms with Gasteiger partial charge in [-0.3, -0.25) is 9.52 Å². The maximum absolute atomic E-state index is 14.2. The second-order valence-corrected chi connectivity index (χ2v) is 16.0. The van der Waals surface area contributed by atoms with Crippen molar-refractivity contribution in [3.8, 4) is 5.75 Å². The minimum atomic E-state index is -3.71. The third kappa shape index (κ3) is 8.14. The van der Waals surface area contributed by atoms with E-state index in [1.54, 1.807) is 25.3 Å². The lowest BCUT2D eigenvalue weighted by molar-refractivity contribution is 0.0133. The highest BCUT2D eigenvalue weighted by Crippen LogP contribution is 2.43. The van der Waals surface area contributed by atoms with Gasteiger partial charge in [0.2, 0.25) is 0 Å². The summed E-state index contributed by atoms with van der Waals surface area (Å²) in [6.45, 7) is 3.57. The molecule has 3 amide bonds. The molecule has 2 aromatic carbocycles. The zero-order valence-corrected chi connectivity index (χ0v) is 28.8. The number of hydrogen-bond donors (Lipinski definition) is 2. The standard InChI is InChI=1S/C35H43ClF2N4O5S/c1-22-6-5-8-30(46-2)28-13-10-26(28)20-42-19-25-9-12-27(36)16-23(25)7-3-4-15-47-31-14-11-24(17-29(31)42)33(43)40-48(45,21-22)41-34(44)39-32-18-35(32,37)38/h5,8-9,11-12,14,16-17,22,26,28,30,32H,3-4,6-7,10,13,15,18-21H2,1-2H3,(H2,39,40,41,43,44,45)/b8-5+/t22-,26-,28+,30-,32+,48?/m0/s1. The minimum Gasteiger partial charge on any atom is -0.491 e. The Labute approximate surface area is 286 Å². The molecule has 2 N–H and O–H groups in total. The van der Waals surface area contributed by atoms with Crippen LogP contribution in [0.5, 0.6) is 5.75 Å². The average molecular weight is 705 g/mol. The summed E-state index contributed by atoms with van der Waals surface area (Å²) in [6, 6.07) is 8.63. The summed E-state index contributed by atoms with van der Waals surface area (Å²) in [7, 11) is -2.00. The van der Waals surface area contributed by atoms with Gasteiger partial charge in [-0.15, -0.1) is 4.36 Å². The van der Waals surface area contributed by atoms with Crippen molar-refractivity contribution < 1.29 is 32.1 Å². The minimum absolute atomic E-state index is 0.124. The number of rotatable bonds is 3. The fraction of sp³-hybridized carbons (Fsp3) is 0.543. The number of ether oxygens (including phenoxy) is 2. The highest BCUT2D eigenvalue weighted by atomic mass is 35.5. The van der Waals surface area contributed by atoms with Gasteiger partial charge < -0.3 is 19.7 Å². The lowest BCUT2D eigenvalue weighted by atomic mass is 9.70. The van der Waals surface area contributed by atoms with Crippen LogP contribution < -0.4 is 19.7 Å². The molecule has 0 aromatic heterocycles. The molecule has 0 radical (unpaired) electrons. The Hall–Kier alpha value is -3.22.